The molecule has 0 aromatic heterocycles. The number of para-hydroxylation sites is 1. The van der Waals surface area contributed by atoms with E-state index in [1.54, 1.807) is 4.90 Å². The van der Waals surface area contributed by atoms with E-state index in [4.69, 9.17) is 4.74 Å². The normalized spacial score (nSPS) is 16.7. The fraction of sp³-hybridized carbons (Fsp3) is 0.0625. The molecule has 0 atom stereocenters. The number of rotatable bonds is 2. The summed E-state index contributed by atoms with van der Waals surface area (Å²) in [5.41, 5.74) is 2.73. The number of amides is 1. The van der Waals surface area contributed by atoms with Gasteiger partial charge >= 0.3 is 6.09 Å². The second kappa shape index (κ2) is 4.98. The van der Waals surface area contributed by atoms with E-state index < -0.39 is 0 Å². The zero-order valence-electron chi connectivity index (χ0n) is 10.3. The molecule has 1 fully saturated rings. The van der Waals surface area contributed by atoms with Gasteiger partial charge in [0.05, 0.1) is 11.4 Å². The lowest BCUT2D eigenvalue weighted by atomic mass is 10.2. The number of hydrogen-bond acceptors (Lipinski definition) is 2. The van der Waals surface area contributed by atoms with Gasteiger partial charge in [0, 0.05) is 0 Å². The molecule has 3 heteroatoms. The van der Waals surface area contributed by atoms with Gasteiger partial charge in [0.25, 0.3) is 0 Å². The second-order valence-electron chi connectivity index (χ2n) is 4.27. The Morgan fingerprint density at radius 1 is 0.947 bits per heavy atom. The summed E-state index contributed by atoms with van der Waals surface area (Å²) < 4.78 is 5.12. The summed E-state index contributed by atoms with van der Waals surface area (Å²) in [6, 6.07) is 19.4. The van der Waals surface area contributed by atoms with Gasteiger partial charge in [0.15, 0.2) is 0 Å². The average molecular weight is 251 g/mol. The van der Waals surface area contributed by atoms with Crippen LogP contribution in [-0.4, -0.2) is 12.7 Å². The van der Waals surface area contributed by atoms with Gasteiger partial charge in [-0.2, -0.15) is 0 Å². The van der Waals surface area contributed by atoms with Gasteiger partial charge in [-0.3, -0.25) is 0 Å². The highest BCUT2D eigenvalue weighted by atomic mass is 16.6. The summed E-state index contributed by atoms with van der Waals surface area (Å²) in [6.45, 7) is 0.308. The zero-order chi connectivity index (χ0) is 13.1. The number of anilines is 1. The van der Waals surface area contributed by atoms with Crippen LogP contribution in [0.5, 0.6) is 0 Å². The molecule has 1 aliphatic rings. The first-order valence-electron chi connectivity index (χ1n) is 6.12. The molecule has 1 aliphatic heterocycles. The van der Waals surface area contributed by atoms with Crippen LogP contribution in [0.1, 0.15) is 5.56 Å². The van der Waals surface area contributed by atoms with Gasteiger partial charge in [-0.15, -0.1) is 0 Å². The minimum atomic E-state index is -0.326. The van der Waals surface area contributed by atoms with E-state index in [1.165, 1.54) is 0 Å². The topological polar surface area (TPSA) is 29.5 Å². The monoisotopic (exact) mass is 251 g/mol. The quantitative estimate of drug-likeness (QED) is 0.814. The maximum Gasteiger partial charge on any atom is 0.419 e. The smallest absolute Gasteiger partial charge is 0.419 e. The van der Waals surface area contributed by atoms with Crippen LogP contribution < -0.4 is 4.90 Å². The number of cyclic esters (lactones) is 1. The Hall–Kier alpha value is -2.55. The molecular formula is C16H13NO2. The summed E-state index contributed by atoms with van der Waals surface area (Å²) in [6.07, 6.45) is 1.64. The van der Waals surface area contributed by atoms with Crippen molar-refractivity contribution in [2.24, 2.45) is 0 Å². The Labute approximate surface area is 111 Å². The van der Waals surface area contributed by atoms with Crippen molar-refractivity contribution in [3.05, 3.63) is 71.9 Å². The van der Waals surface area contributed by atoms with Crippen molar-refractivity contribution in [1.82, 2.24) is 0 Å². The molecule has 1 heterocycles. The Morgan fingerprint density at radius 3 is 2.26 bits per heavy atom. The largest absolute Gasteiger partial charge is 0.442 e. The number of carbonyl (C=O) groups excluding carboxylic acids is 1. The molecule has 1 saturated heterocycles. The molecule has 3 rings (SSSR count). The van der Waals surface area contributed by atoms with Gasteiger partial charge in [0.1, 0.15) is 6.61 Å². The molecular weight excluding hydrogens is 238 g/mol. The standard InChI is InChI=1S/C16H13NO2/c18-16-17(14-9-5-2-6-10-14)15(12-19-16)11-13-7-3-1-4-8-13/h1-11H,12H2. The maximum absolute atomic E-state index is 11.8. The van der Waals surface area contributed by atoms with E-state index in [1.807, 2.05) is 66.7 Å². The van der Waals surface area contributed by atoms with Gasteiger partial charge in [-0.1, -0.05) is 48.5 Å². The molecule has 94 valence electrons. The SMILES string of the molecule is O=C1OCC(=Cc2ccccc2)N1c1ccccc1. The van der Waals surface area contributed by atoms with Gasteiger partial charge in [0.2, 0.25) is 0 Å². The highest BCUT2D eigenvalue weighted by Gasteiger charge is 2.28. The molecule has 1 amide bonds. The first kappa shape index (κ1) is 11.5. The van der Waals surface area contributed by atoms with E-state index >= 15 is 0 Å². The molecule has 19 heavy (non-hydrogen) atoms. The second-order valence-corrected chi connectivity index (χ2v) is 4.27. The van der Waals surface area contributed by atoms with Gasteiger partial charge in [-0.05, 0) is 23.8 Å². The number of hydrogen-bond donors (Lipinski definition) is 0. The van der Waals surface area contributed by atoms with E-state index in [0.29, 0.717) is 6.61 Å². The maximum atomic E-state index is 11.8. The third-order valence-corrected chi connectivity index (χ3v) is 2.96. The molecule has 3 nitrogen and oxygen atoms in total. The Kier molecular flexibility index (Phi) is 3.02. The van der Waals surface area contributed by atoms with Crippen LogP contribution in [0, 0.1) is 0 Å². The average Bonchev–Trinajstić information content (AvgIpc) is 2.82. The summed E-state index contributed by atoms with van der Waals surface area (Å²) in [5.74, 6) is 0. The van der Waals surface area contributed by atoms with Crippen molar-refractivity contribution >= 4 is 17.9 Å². The predicted octanol–water partition coefficient (Wildman–Crippen LogP) is 3.68. The van der Waals surface area contributed by atoms with E-state index in [0.717, 1.165) is 16.9 Å². The third-order valence-electron chi connectivity index (χ3n) is 2.96. The van der Waals surface area contributed by atoms with Crippen molar-refractivity contribution in [2.75, 3.05) is 11.5 Å². The van der Waals surface area contributed by atoms with Crippen molar-refractivity contribution in [3.63, 3.8) is 0 Å². The molecule has 0 aliphatic carbocycles. The molecule has 2 aromatic carbocycles. The molecule has 0 bridgehead atoms. The van der Waals surface area contributed by atoms with Crippen molar-refractivity contribution < 1.29 is 9.53 Å². The van der Waals surface area contributed by atoms with Crippen molar-refractivity contribution in [2.45, 2.75) is 0 Å². The number of ether oxygens (including phenoxy) is 1. The van der Waals surface area contributed by atoms with Crippen LogP contribution in [0.25, 0.3) is 6.08 Å². The molecule has 2 aromatic rings. The fourth-order valence-corrected chi connectivity index (χ4v) is 2.08. The fourth-order valence-electron chi connectivity index (χ4n) is 2.08. The first-order chi connectivity index (χ1) is 9.34. The van der Waals surface area contributed by atoms with Crippen molar-refractivity contribution in [3.8, 4) is 0 Å². The summed E-state index contributed by atoms with van der Waals surface area (Å²) in [7, 11) is 0. The van der Waals surface area contributed by atoms with Crippen LogP contribution in [-0.2, 0) is 4.74 Å². The first-order valence-corrected chi connectivity index (χ1v) is 6.12. The third kappa shape index (κ3) is 2.36. The lowest BCUT2D eigenvalue weighted by molar-refractivity contribution is 0.182. The van der Waals surface area contributed by atoms with Crippen LogP contribution >= 0.6 is 0 Å². The summed E-state index contributed by atoms with van der Waals surface area (Å²) in [4.78, 5) is 13.4. The van der Waals surface area contributed by atoms with Gasteiger partial charge < -0.3 is 4.74 Å². The molecule has 0 spiro atoms. The van der Waals surface area contributed by atoms with E-state index in [2.05, 4.69) is 0 Å². The van der Waals surface area contributed by atoms with E-state index in [-0.39, 0.29) is 6.09 Å². The van der Waals surface area contributed by atoms with Crippen LogP contribution in [0.2, 0.25) is 0 Å². The molecule has 0 N–H and O–H groups in total. The summed E-state index contributed by atoms with van der Waals surface area (Å²) >= 11 is 0. The zero-order valence-corrected chi connectivity index (χ0v) is 10.3. The Morgan fingerprint density at radius 2 is 1.58 bits per heavy atom. The van der Waals surface area contributed by atoms with Crippen LogP contribution in [0.4, 0.5) is 10.5 Å². The Bertz CT molecular complexity index is 605. The molecule has 0 radical (unpaired) electrons. The van der Waals surface area contributed by atoms with E-state index in [9.17, 15) is 4.79 Å². The minimum absolute atomic E-state index is 0.308. The molecule has 0 saturated carbocycles. The Balaban J connectivity index is 1.98. The van der Waals surface area contributed by atoms with Crippen LogP contribution in [0.3, 0.4) is 0 Å². The van der Waals surface area contributed by atoms with Crippen molar-refractivity contribution in [1.29, 1.82) is 0 Å². The minimum Gasteiger partial charge on any atom is -0.442 e. The predicted molar refractivity (Wildman–Crippen MR) is 74.7 cm³/mol. The highest BCUT2D eigenvalue weighted by Crippen LogP contribution is 2.26. The highest BCUT2D eigenvalue weighted by molar-refractivity contribution is 5.95. The number of benzene rings is 2. The lowest BCUT2D eigenvalue weighted by Gasteiger charge is -2.14. The number of nitrogens with zero attached hydrogens (tertiary/aromatic N) is 1. The molecule has 0 unspecified atom stereocenters. The lowest BCUT2D eigenvalue weighted by Crippen LogP contribution is -2.21. The number of carbonyl (C=O) groups is 1. The summed E-state index contributed by atoms with van der Waals surface area (Å²) in [5, 5.41) is 0. The van der Waals surface area contributed by atoms with Gasteiger partial charge in [-0.25, -0.2) is 9.69 Å². The van der Waals surface area contributed by atoms with Crippen LogP contribution in [0.15, 0.2) is 66.4 Å².